The van der Waals surface area contributed by atoms with Crippen LogP contribution in [0, 0.1) is 0 Å². The molecule has 1 aromatic rings. The smallest absolute Gasteiger partial charge is 0.455 e. The molecule has 0 bridgehead atoms. The largest absolute Gasteiger partial charge is 0.573 e. The molecular formula is C14H14F6O4. The number of carbonyl (C=O) groups excluding carboxylic acids is 1. The average molecular weight is 360 g/mol. The van der Waals surface area contributed by atoms with Gasteiger partial charge in [0.25, 0.3) is 0 Å². The number of benzene rings is 1. The van der Waals surface area contributed by atoms with Crippen LogP contribution in [0.3, 0.4) is 0 Å². The van der Waals surface area contributed by atoms with E-state index in [0.29, 0.717) is 6.07 Å². The third-order valence-electron chi connectivity index (χ3n) is 3.00. The van der Waals surface area contributed by atoms with E-state index in [2.05, 4.69) is 9.47 Å². The zero-order valence-electron chi connectivity index (χ0n) is 12.8. The quantitative estimate of drug-likeness (QED) is 0.565. The molecule has 10 heteroatoms. The van der Waals surface area contributed by atoms with Crippen molar-refractivity contribution in [3.8, 4) is 11.5 Å². The summed E-state index contributed by atoms with van der Waals surface area (Å²) >= 11 is 0. The van der Waals surface area contributed by atoms with Crippen LogP contribution in [0.5, 0.6) is 11.5 Å². The van der Waals surface area contributed by atoms with Crippen molar-refractivity contribution in [1.29, 1.82) is 0 Å². The molecule has 0 saturated carbocycles. The van der Waals surface area contributed by atoms with Gasteiger partial charge >= 0.3 is 18.7 Å². The summed E-state index contributed by atoms with van der Waals surface area (Å²) < 4.78 is 86.5. The van der Waals surface area contributed by atoms with Crippen molar-refractivity contribution in [2.45, 2.75) is 45.5 Å². The first-order valence-corrected chi connectivity index (χ1v) is 6.61. The van der Waals surface area contributed by atoms with Gasteiger partial charge in [0.1, 0.15) is 17.1 Å². The van der Waals surface area contributed by atoms with Gasteiger partial charge in [0.05, 0.1) is 0 Å². The monoisotopic (exact) mass is 360 g/mol. The number of rotatable bonds is 5. The Morgan fingerprint density at radius 2 is 1.38 bits per heavy atom. The van der Waals surface area contributed by atoms with Gasteiger partial charge < -0.3 is 14.2 Å². The fraction of sp³-hybridized carbons (Fsp3) is 0.500. The van der Waals surface area contributed by atoms with Crippen LogP contribution in [-0.2, 0) is 15.1 Å². The predicted octanol–water partition coefficient (Wildman–Crippen LogP) is 4.67. The molecular weight excluding hydrogens is 346 g/mol. The minimum Gasteiger partial charge on any atom is -0.455 e. The van der Waals surface area contributed by atoms with Crippen LogP contribution < -0.4 is 9.47 Å². The maximum Gasteiger partial charge on any atom is 0.573 e. The second-order valence-electron chi connectivity index (χ2n) is 4.97. The lowest BCUT2D eigenvalue weighted by atomic mass is 9.92. The summed E-state index contributed by atoms with van der Waals surface area (Å²) in [6.45, 7) is 3.96. The van der Waals surface area contributed by atoms with E-state index in [1.807, 2.05) is 0 Å². The van der Waals surface area contributed by atoms with Crippen LogP contribution in [-0.4, -0.2) is 18.7 Å². The lowest BCUT2D eigenvalue weighted by Gasteiger charge is -2.29. The van der Waals surface area contributed by atoms with Gasteiger partial charge in [-0.1, -0.05) is 6.92 Å². The van der Waals surface area contributed by atoms with Crippen molar-refractivity contribution in [2.75, 3.05) is 0 Å². The second-order valence-corrected chi connectivity index (χ2v) is 4.97. The van der Waals surface area contributed by atoms with Crippen LogP contribution in [0.15, 0.2) is 18.2 Å². The summed E-state index contributed by atoms with van der Waals surface area (Å²) in [5.74, 6) is -2.60. The molecule has 0 N–H and O–H groups in total. The van der Waals surface area contributed by atoms with Crippen LogP contribution in [0.4, 0.5) is 26.3 Å². The van der Waals surface area contributed by atoms with Gasteiger partial charge in [0.15, 0.2) is 0 Å². The fourth-order valence-electron chi connectivity index (χ4n) is 1.91. The Morgan fingerprint density at radius 1 is 0.958 bits per heavy atom. The Labute approximate surface area is 133 Å². The second kappa shape index (κ2) is 6.78. The third-order valence-corrected chi connectivity index (χ3v) is 3.00. The van der Waals surface area contributed by atoms with Crippen molar-refractivity contribution in [2.24, 2.45) is 0 Å². The number of alkyl halides is 6. The van der Waals surface area contributed by atoms with Crippen molar-refractivity contribution in [3.63, 3.8) is 0 Å². The minimum absolute atomic E-state index is 0.0908. The van der Waals surface area contributed by atoms with Gasteiger partial charge in [-0.05, 0) is 25.5 Å². The van der Waals surface area contributed by atoms with E-state index >= 15 is 0 Å². The molecule has 0 radical (unpaired) electrons. The summed E-state index contributed by atoms with van der Waals surface area (Å²) in [5.41, 5.74) is -1.60. The van der Waals surface area contributed by atoms with E-state index in [1.165, 1.54) is 6.92 Å². The third kappa shape index (κ3) is 6.17. The number of esters is 1. The Balaban J connectivity index is 3.38. The standard InChI is InChI=1S/C14H14F6O4/c1-4-12(3,22-8(2)21)9-5-10(23-13(15,16)17)7-11(6-9)24-14(18,19)20/h5-7H,4H2,1-3H3. The molecule has 0 amide bonds. The molecule has 0 aliphatic heterocycles. The maximum absolute atomic E-state index is 12.4. The summed E-state index contributed by atoms with van der Waals surface area (Å²) in [6, 6.07) is 2.11. The Kier molecular flexibility index (Phi) is 5.62. The normalized spacial score (nSPS) is 14.7. The Hall–Kier alpha value is -2.13. The minimum atomic E-state index is -5.11. The van der Waals surface area contributed by atoms with E-state index in [4.69, 9.17) is 4.74 Å². The molecule has 0 fully saturated rings. The van der Waals surface area contributed by atoms with Gasteiger partial charge in [-0.15, -0.1) is 26.3 Å². The molecule has 0 heterocycles. The Morgan fingerprint density at radius 3 is 1.67 bits per heavy atom. The summed E-state index contributed by atoms with van der Waals surface area (Å²) in [6.07, 6.45) is -10.1. The predicted molar refractivity (Wildman–Crippen MR) is 69.2 cm³/mol. The molecule has 0 aromatic heterocycles. The van der Waals surface area contributed by atoms with Crippen LogP contribution in [0.2, 0.25) is 0 Å². The highest BCUT2D eigenvalue weighted by atomic mass is 19.4. The van der Waals surface area contributed by atoms with Crippen LogP contribution in [0.25, 0.3) is 0 Å². The van der Waals surface area contributed by atoms with Crippen molar-refractivity contribution in [1.82, 2.24) is 0 Å². The first kappa shape index (κ1) is 19.9. The first-order chi connectivity index (χ1) is 10.7. The number of halogens is 6. The van der Waals surface area contributed by atoms with E-state index < -0.39 is 35.8 Å². The molecule has 0 aliphatic rings. The van der Waals surface area contributed by atoms with Crippen LogP contribution >= 0.6 is 0 Å². The highest BCUT2D eigenvalue weighted by Crippen LogP contribution is 2.37. The van der Waals surface area contributed by atoms with Gasteiger partial charge in [-0.2, -0.15) is 0 Å². The zero-order chi connectivity index (χ0) is 18.8. The lowest BCUT2D eigenvalue weighted by Crippen LogP contribution is -2.28. The van der Waals surface area contributed by atoms with Gasteiger partial charge in [0.2, 0.25) is 0 Å². The molecule has 1 unspecified atom stereocenters. The van der Waals surface area contributed by atoms with Gasteiger partial charge in [-0.3, -0.25) is 4.79 Å². The molecule has 24 heavy (non-hydrogen) atoms. The number of carbonyl (C=O) groups is 1. The van der Waals surface area contributed by atoms with E-state index in [9.17, 15) is 31.1 Å². The summed E-state index contributed by atoms with van der Waals surface area (Å²) in [4.78, 5) is 11.2. The highest BCUT2D eigenvalue weighted by molar-refractivity contribution is 5.67. The fourth-order valence-corrected chi connectivity index (χ4v) is 1.91. The number of hydrogen-bond acceptors (Lipinski definition) is 4. The van der Waals surface area contributed by atoms with Crippen molar-refractivity contribution in [3.05, 3.63) is 23.8 Å². The molecule has 136 valence electrons. The van der Waals surface area contributed by atoms with E-state index in [-0.39, 0.29) is 12.0 Å². The molecule has 1 atom stereocenters. The molecule has 1 aromatic carbocycles. The van der Waals surface area contributed by atoms with E-state index in [0.717, 1.165) is 19.1 Å². The van der Waals surface area contributed by atoms with Gasteiger partial charge in [-0.25, -0.2) is 0 Å². The van der Waals surface area contributed by atoms with E-state index in [1.54, 1.807) is 6.92 Å². The lowest BCUT2D eigenvalue weighted by molar-refractivity contribution is -0.276. The molecule has 0 spiro atoms. The first-order valence-electron chi connectivity index (χ1n) is 6.61. The average Bonchev–Trinajstić information content (AvgIpc) is 2.33. The molecule has 4 nitrogen and oxygen atoms in total. The SMILES string of the molecule is CCC(C)(OC(C)=O)c1cc(OC(F)(F)F)cc(OC(F)(F)F)c1. The topological polar surface area (TPSA) is 44.8 Å². The van der Waals surface area contributed by atoms with Crippen molar-refractivity contribution < 1.29 is 45.3 Å². The summed E-state index contributed by atoms with van der Waals surface area (Å²) in [5, 5.41) is 0. The molecule has 0 aliphatic carbocycles. The number of ether oxygens (including phenoxy) is 3. The Bertz CT molecular complexity index is 562. The maximum atomic E-state index is 12.4. The zero-order valence-corrected chi connectivity index (χ0v) is 12.8. The number of hydrogen-bond donors (Lipinski definition) is 0. The van der Waals surface area contributed by atoms with Gasteiger partial charge in [0, 0.05) is 18.6 Å². The van der Waals surface area contributed by atoms with Crippen molar-refractivity contribution >= 4 is 5.97 Å². The molecule has 0 saturated heterocycles. The highest BCUT2D eigenvalue weighted by Gasteiger charge is 2.36. The van der Waals surface area contributed by atoms with Crippen LogP contribution in [0.1, 0.15) is 32.8 Å². The molecule has 1 rings (SSSR count). The summed E-state index contributed by atoms with van der Waals surface area (Å²) in [7, 11) is 0.